The molecule has 0 aromatic carbocycles. The molecule has 1 amide bonds. The average molecular weight is 202 g/mol. The van der Waals surface area contributed by atoms with Gasteiger partial charge in [0.05, 0.1) is 12.1 Å². The van der Waals surface area contributed by atoms with Crippen LogP contribution in [0.5, 0.6) is 0 Å². The predicted molar refractivity (Wildman–Crippen MR) is 56.8 cm³/mol. The van der Waals surface area contributed by atoms with Crippen LogP contribution in [0.3, 0.4) is 0 Å². The Labute approximate surface area is 86.1 Å². The molecule has 0 saturated heterocycles. The van der Waals surface area contributed by atoms with Gasteiger partial charge in [-0.2, -0.15) is 0 Å². The van der Waals surface area contributed by atoms with Gasteiger partial charge in [0.25, 0.3) is 0 Å². The van der Waals surface area contributed by atoms with Gasteiger partial charge in [0.1, 0.15) is 0 Å². The molecule has 0 spiro atoms. The van der Waals surface area contributed by atoms with E-state index in [2.05, 4.69) is 6.92 Å². The zero-order chi connectivity index (χ0) is 11.1. The Hall–Kier alpha value is -0.610. The molecular formula is C10H22N2O2. The van der Waals surface area contributed by atoms with E-state index in [4.69, 9.17) is 10.8 Å². The molecule has 0 heterocycles. The summed E-state index contributed by atoms with van der Waals surface area (Å²) in [6.07, 6.45) is 2.23. The van der Waals surface area contributed by atoms with Crippen molar-refractivity contribution in [1.82, 2.24) is 4.90 Å². The second kappa shape index (κ2) is 6.79. The van der Waals surface area contributed by atoms with E-state index < -0.39 is 12.1 Å². The van der Waals surface area contributed by atoms with Crippen LogP contribution in [0.15, 0.2) is 0 Å². The summed E-state index contributed by atoms with van der Waals surface area (Å²) in [6.45, 7) is 4.07. The van der Waals surface area contributed by atoms with Crippen molar-refractivity contribution >= 4 is 5.91 Å². The molecule has 0 rings (SSSR count). The SMILES string of the molecule is CCCCC(N)C(=O)N(C)CC(C)O. The van der Waals surface area contributed by atoms with Gasteiger partial charge in [-0.25, -0.2) is 0 Å². The van der Waals surface area contributed by atoms with E-state index in [1.165, 1.54) is 4.90 Å². The monoisotopic (exact) mass is 202 g/mol. The number of carbonyl (C=O) groups is 1. The van der Waals surface area contributed by atoms with Gasteiger partial charge in [0.15, 0.2) is 0 Å². The fourth-order valence-corrected chi connectivity index (χ4v) is 1.32. The number of nitrogens with two attached hydrogens (primary N) is 1. The van der Waals surface area contributed by atoms with Crippen LogP contribution in [-0.4, -0.2) is 41.7 Å². The molecule has 0 aromatic rings. The average Bonchev–Trinajstić information content (AvgIpc) is 2.11. The zero-order valence-corrected chi connectivity index (χ0v) is 9.36. The highest BCUT2D eigenvalue weighted by atomic mass is 16.3. The van der Waals surface area contributed by atoms with E-state index in [9.17, 15) is 4.79 Å². The first-order chi connectivity index (χ1) is 6.49. The molecule has 0 saturated carbocycles. The number of hydrogen-bond donors (Lipinski definition) is 2. The fraction of sp³-hybridized carbons (Fsp3) is 0.900. The second-order valence-electron chi connectivity index (χ2n) is 3.82. The van der Waals surface area contributed by atoms with Crippen molar-refractivity contribution in [2.45, 2.75) is 45.3 Å². The Balaban J connectivity index is 3.91. The lowest BCUT2D eigenvalue weighted by Crippen LogP contribution is -2.44. The number of nitrogens with zero attached hydrogens (tertiary/aromatic N) is 1. The first-order valence-electron chi connectivity index (χ1n) is 5.17. The van der Waals surface area contributed by atoms with Gasteiger partial charge >= 0.3 is 0 Å². The Kier molecular flexibility index (Phi) is 6.49. The molecule has 2 atom stereocenters. The third-order valence-electron chi connectivity index (χ3n) is 2.10. The van der Waals surface area contributed by atoms with E-state index in [1.54, 1.807) is 14.0 Å². The van der Waals surface area contributed by atoms with E-state index in [-0.39, 0.29) is 5.91 Å². The fourth-order valence-electron chi connectivity index (χ4n) is 1.32. The molecule has 0 aromatic heterocycles. The summed E-state index contributed by atoms with van der Waals surface area (Å²) in [5.74, 6) is -0.0839. The lowest BCUT2D eigenvalue weighted by molar-refractivity contribution is -0.132. The third-order valence-corrected chi connectivity index (χ3v) is 2.10. The van der Waals surface area contributed by atoms with Crippen molar-refractivity contribution in [3.63, 3.8) is 0 Å². The Morgan fingerprint density at radius 3 is 2.57 bits per heavy atom. The number of amides is 1. The first-order valence-corrected chi connectivity index (χ1v) is 5.17. The molecule has 14 heavy (non-hydrogen) atoms. The predicted octanol–water partition coefficient (Wildman–Crippen LogP) is 0.343. The van der Waals surface area contributed by atoms with Crippen LogP contribution in [0, 0.1) is 0 Å². The Morgan fingerprint density at radius 2 is 2.14 bits per heavy atom. The highest BCUT2D eigenvalue weighted by Gasteiger charge is 2.17. The standard InChI is InChI=1S/C10H22N2O2/c1-4-5-6-9(11)10(14)12(3)7-8(2)13/h8-9,13H,4-7,11H2,1-3H3. The number of likely N-dealkylation sites (N-methyl/N-ethyl adjacent to an activating group) is 1. The zero-order valence-electron chi connectivity index (χ0n) is 9.36. The number of aliphatic hydroxyl groups is 1. The van der Waals surface area contributed by atoms with Gasteiger partial charge in [-0.05, 0) is 13.3 Å². The topological polar surface area (TPSA) is 66.6 Å². The summed E-state index contributed by atoms with van der Waals surface area (Å²) in [7, 11) is 1.67. The summed E-state index contributed by atoms with van der Waals surface area (Å²) < 4.78 is 0. The Bertz CT molecular complexity index is 172. The van der Waals surface area contributed by atoms with Gasteiger partial charge in [-0.3, -0.25) is 4.79 Å². The van der Waals surface area contributed by atoms with Gasteiger partial charge < -0.3 is 15.7 Å². The molecule has 2 unspecified atom stereocenters. The summed E-state index contributed by atoms with van der Waals surface area (Å²) in [6, 6.07) is -0.418. The van der Waals surface area contributed by atoms with Crippen LogP contribution in [0.2, 0.25) is 0 Å². The normalized spacial score (nSPS) is 14.9. The molecule has 0 radical (unpaired) electrons. The molecule has 84 valence electrons. The van der Waals surface area contributed by atoms with Gasteiger partial charge in [-0.1, -0.05) is 19.8 Å². The minimum absolute atomic E-state index is 0.0839. The van der Waals surface area contributed by atoms with Crippen molar-refractivity contribution in [3.8, 4) is 0 Å². The number of aliphatic hydroxyl groups excluding tert-OH is 1. The van der Waals surface area contributed by atoms with Crippen molar-refractivity contribution in [2.24, 2.45) is 5.73 Å². The van der Waals surface area contributed by atoms with E-state index in [1.807, 2.05) is 0 Å². The minimum Gasteiger partial charge on any atom is -0.392 e. The minimum atomic E-state index is -0.498. The second-order valence-corrected chi connectivity index (χ2v) is 3.82. The van der Waals surface area contributed by atoms with Crippen molar-refractivity contribution in [1.29, 1.82) is 0 Å². The van der Waals surface area contributed by atoms with E-state index >= 15 is 0 Å². The number of hydrogen-bond acceptors (Lipinski definition) is 3. The molecule has 4 heteroatoms. The lowest BCUT2D eigenvalue weighted by Gasteiger charge is -2.22. The molecule has 0 bridgehead atoms. The molecule has 0 aliphatic heterocycles. The third kappa shape index (κ3) is 5.19. The summed E-state index contributed by atoms with van der Waals surface area (Å²) >= 11 is 0. The van der Waals surface area contributed by atoms with Gasteiger partial charge in [0.2, 0.25) is 5.91 Å². The van der Waals surface area contributed by atoms with Crippen molar-refractivity contribution in [3.05, 3.63) is 0 Å². The van der Waals surface area contributed by atoms with Gasteiger partial charge in [-0.15, -0.1) is 0 Å². The summed E-state index contributed by atoms with van der Waals surface area (Å²) in [5, 5.41) is 9.09. The first kappa shape index (κ1) is 13.4. The number of unbranched alkanes of at least 4 members (excludes halogenated alkanes) is 1. The van der Waals surface area contributed by atoms with E-state index in [0.29, 0.717) is 6.54 Å². The summed E-state index contributed by atoms with van der Waals surface area (Å²) in [4.78, 5) is 13.1. The smallest absolute Gasteiger partial charge is 0.239 e. The van der Waals surface area contributed by atoms with Crippen LogP contribution in [0.25, 0.3) is 0 Å². The quantitative estimate of drug-likeness (QED) is 0.653. The molecular weight excluding hydrogens is 180 g/mol. The summed E-state index contributed by atoms with van der Waals surface area (Å²) in [5.41, 5.74) is 5.71. The lowest BCUT2D eigenvalue weighted by atomic mass is 10.1. The van der Waals surface area contributed by atoms with Crippen LogP contribution in [-0.2, 0) is 4.79 Å². The molecule has 0 aliphatic carbocycles. The molecule has 0 aliphatic rings. The Morgan fingerprint density at radius 1 is 1.57 bits per heavy atom. The molecule has 0 fully saturated rings. The van der Waals surface area contributed by atoms with Crippen molar-refractivity contribution in [2.75, 3.05) is 13.6 Å². The number of rotatable bonds is 6. The van der Waals surface area contributed by atoms with Gasteiger partial charge in [0, 0.05) is 13.6 Å². The highest BCUT2D eigenvalue weighted by Crippen LogP contribution is 2.01. The van der Waals surface area contributed by atoms with Crippen molar-refractivity contribution < 1.29 is 9.90 Å². The largest absolute Gasteiger partial charge is 0.392 e. The molecule has 4 nitrogen and oxygen atoms in total. The maximum atomic E-state index is 11.6. The molecule has 3 N–H and O–H groups in total. The van der Waals surface area contributed by atoms with Crippen LogP contribution >= 0.6 is 0 Å². The van der Waals surface area contributed by atoms with Crippen LogP contribution in [0.1, 0.15) is 33.1 Å². The maximum Gasteiger partial charge on any atom is 0.239 e. The van der Waals surface area contributed by atoms with Crippen LogP contribution in [0.4, 0.5) is 0 Å². The maximum absolute atomic E-state index is 11.6. The number of carbonyl (C=O) groups excluding carboxylic acids is 1. The van der Waals surface area contributed by atoms with E-state index in [0.717, 1.165) is 19.3 Å². The highest BCUT2D eigenvalue weighted by molar-refractivity contribution is 5.81. The van der Waals surface area contributed by atoms with Crippen LogP contribution < -0.4 is 5.73 Å².